The van der Waals surface area contributed by atoms with Gasteiger partial charge in [0.15, 0.2) is 6.04 Å². The number of nitrogens with zero attached hydrogens (tertiary/aromatic N) is 1. The highest BCUT2D eigenvalue weighted by Gasteiger charge is 2.52. The number of rotatable bonds is 2. The van der Waals surface area contributed by atoms with Crippen LogP contribution < -0.4 is 5.43 Å². The third-order valence-electron chi connectivity index (χ3n) is 4.20. The summed E-state index contributed by atoms with van der Waals surface area (Å²) in [4.78, 5) is 11.6. The van der Waals surface area contributed by atoms with Crippen molar-refractivity contribution < 1.29 is 22.4 Å². The maximum absolute atomic E-state index is 13.7. The van der Waals surface area contributed by atoms with Crippen molar-refractivity contribution in [3.8, 4) is 0 Å². The lowest BCUT2D eigenvalue weighted by molar-refractivity contribution is -0.203. The zero-order valence-electron chi connectivity index (χ0n) is 13.1. The highest BCUT2D eigenvalue weighted by atomic mass is 19.4. The molecule has 2 aromatic carbocycles. The van der Waals surface area contributed by atoms with Gasteiger partial charge in [0.05, 0.1) is 0 Å². The molecule has 1 amide bonds. The Kier molecular flexibility index (Phi) is 3.79. The van der Waals surface area contributed by atoms with Gasteiger partial charge in [0, 0.05) is 12.0 Å². The fraction of sp³-hybridized carbons (Fsp3) is 0.353. The summed E-state index contributed by atoms with van der Waals surface area (Å²) in [7, 11) is 0. The molecule has 1 heterocycles. The van der Waals surface area contributed by atoms with Crippen LogP contribution in [0, 0.1) is 5.82 Å². The van der Waals surface area contributed by atoms with Crippen molar-refractivity contribution in [1.29, 1.82) is 0 Å². The second-order valence-electron chi connectivity index (χ2n) is 6.59. The summed E-state index contributed by atoms with van der Waals surface area (Å²) in [5.74, 6) is -0.896. The van der Waals surface area contributed by atoms with E-state index in [4.69, 9.17) is 0 Å². The van der Waals surface area contributed by atoms with Gasteiger partial charge in [0.1, 0.15) is 5.82 Å². The van der Waals surface area contributed by atoms with E-state index in [2.05, 4.69) is 5.43 Å². The summed E-state index contributed by atoms with van der Waals surface area (Å²) in [5.41, 5.74) is 1.34. The van der Waals surface area contributed by atoms with Crippen LogP contribution in [0.3, 0.4) is 0 Å². The Morgan fingerprint density at radius 1 is 1.12 bits per heavy atom. The van der Waals surface area contributed by atoms with Gasteiger partial charge in [-0.05, 0) is 48.4 Å². The van der Waals surface area contributed by atoms with E-state index in [1.165, 1.54) is 36.4 Å². The van der Waals surface area contributed by atoms with E-state index in [0.29, 0.717) is 10.8 Å². The fourth-order valence-corrected chi connectivity index (χ4v) is 3.11. The number of amides is 1. The minimum Gasteiger partial charge on any atom is -0.287 e. The minimum absolute atomic E-state index is 0.00289. The van der Waals surface area contributed by atoms with E-state index < -0.39 is 29.5 Å². The van der Waals surface area contributed by atoms with Gasteiger partial charge in [0.2, 0.25) is 5.91 Å². The number of benzene rings is 2. The Morgan fingerprint density at radius 3 is 2.33 bits per heavy atom. The van der Waals surface area contributed by atoms with E-state index in [9.17, 15) is 22.4 Å². The van der Waals surface area contributed by atoms with Crippen LogP contribution in [-0.2, 0) is 4.79 Å². The molecule has 3 rings (SSSR count). The Bertz CT molecular complexity index is 801. The molecule has 0 bridgehead atoms. The molecule has 0 aromatic heterocycles. The first-order valence-electron chi connectivity index (χ1n) is 7.43. The Hall–Kier alpha value is -2.15. The first-order chi connectivity index (χ1) is 11.1. The molecule has 0 aliphatic carbocycles. The topological polar surface area (TPSA) is 32.3 Å². The molecule has 7 heteroatoms. The predicted octanol–water partition coefficient (Wildman–Crippen LogP) is 4.10. The Labute approximate surface area is 136 Å². The number of alkyl halides is 3. The molecule has 3 nitrogen and oxygen atoms in total. The number of fused-ring (bicyclic) bond motifs is 1. The molecule has 1 unspecified atom stereocenters. The van der Waals surface area contributed by atoms with Crippen molar-refractivity contribution in [2.75, 3.05) is 0 Å². The number of hydrazine groups is 1. The van der Waals surface area contributed by atoms with Crippen LogP contribution >= 0.6 is 0 Å². The van der Waals surface area contributed by atoms with Crippen molar-refractivity contribution in [2.45, 2.75) is 38.0 Å². The third-order valence-corrected chi connectivity index (χ3v) is 4.20. The van der Waals surface area contributed by atoms with Crippen molar-refractivity contribution in [2.24, 2.45) is 0 Å². The SMILES string of the molecule is CC1(C)CC(=O)NN1C(c1ccc2cc(F)ccc2c1)C(F)(F)F. The van der Waals surface area contributed by atoms with Crippen LogP contribution in [0.1, 0.15) is 31.9 Å². The van der Waals surface area contributed by atoms with Crippen molar-refractivity contribution >= 4 is 16.7 Å². The van der Waals surface area contributed by atoms with Crippen molar-refractivity contribution in [3.05, 3.63) is 47.8 Å². The molecule has 0 spiro atoms. The number of halogens is 4. The molecule has 0 radical (unpaired) electrons. The Balaban J connectivity index is 2.10. The van der Waals surface area contributed by atoms with Crippen LogP contribution in [0.25, 0.3) is 10.8 Å². The molecule has 1 fully saturated rings. The maximum atomic E-state index is 13.7. The van der Waals surface area contributed by atoms with Crippen LogP contribution in [0.15, 0.2) is 36.4 Å². The fourth-order valence-electron chi connectivity index (χ4n) is 3.11. The standard InChI is InChI=1S/C17H16F4N2O/c1-16(2)9-14(24)22-23(16)15(17(19,20)21)12-4-3-11-8-13(18)6-5-10(11)7-12/h3-8,15H,9H2,1-2H3,(H,22,24). The Morgan fingerprint density at radius 2 is 1.75 bits per heavy atom. The average molecular weight is 340 g/mol. The summed E-state index contributed by atoms with van der Waals surface area (Å²) in [6.07, 6.45) is -4.60. The monoisotopic (exact) mass is 340 g/mol. The first kappa shape index (κ1) is 16.7. The van der Waals surface area contributed by atoms with Gasteiger partial charge in [-0.1, -0.05) is 18.2 Å². The number of carbonyl (C=O) groups is 1. The summed E-state index contributed by atoms with van der Waals surface area (Å²) < 4.78 is 54.5. The average Bonchev–Trinajstić information content (AvgIpc) is 2.70. The van der Waals surface area contributed by atoms with E-state index in [0.717, 1.165) is 5.01 Å². The largest absolute Gasteiger partial charge is 0.409 e. The smallest absolute Gasteiger partial charge is 0.287 e. The number of hydrogen-bond acceptors (Lipinski definition) is 2. The van der Waals surface area contributed by atoms with Crippen molar-refractivity contribution in [1.82, 2.24) is 10.4 Å². The van der Waals surface area contributed by atoms with Gasteiger partial charge in [0.25, 0.3) is 0 Å². The van der Waals surface area contributed by atoms with E-state index in [1.807, 2.05) is 0 Å². The number of nitrogens with one attached hydrogen (secondary N) is 1. The van der Waals surface area contributed by atoms with Crippen LogP contribution in [0.2, 0.25) is 0 Å². The zero-order valence-corrected chi connectivity index (χ0v) is 13.1. The zero-order chi connectivity index (χ0) is 17.7. The summed E-state index contributed by atoms with van der Waals surface area (Å²) in [6.45, 7) is 3.17. The molecule has 128 valence electrons. The van der Waals surface area contributed by atoms with E-state index in [-0.39, 0.29) is 12.0 Å². The maximum Gasteiger partial charge on any atom is 0.409 e. The van der Waals surface area contributed by atoms with Crippen LogP contribution in [-0.4, -0.2) is 22.6 Å². The molecule has 1 aliphatic heterocycles. The summed E-state index contributed by atoms with van der Waals surface area (Å²) in [5, 5.41) is 1.98. The third kappa shape index (κ3) is 2.96. The van der Waals surface area contributed by atoms with Gasteiger partial charge >= 0.3 is 6.18 Å². The van der Waals surface area contributed by atoms with Gasteiger partial charge in [-0.25, -0.2) is 4.39 Å². The lowest BCUT2D eigenvalue weighted by atomic mass is 9.95. The minimum atomic E-state index is -4.58. The van der Waals surface area contributed by atoms with Gasteiger partial charge < -0.3 is 0 Å². The molecular weight excluding hydrogens is 324 g/mol. The van der Waals surface area contributed by atoms with Crippen LogP contribution in [0.5, 0.6) is 0 Å². The van der Waals surface area contributed by atoms with E-state index >= 15 is 0 Å². The first-order valence-corrected chi connectivity index (χ1v) is 7.43. The quantitative estimate of drug-likeness (QED) is 0.835. The molecular formula is C17H16F4N2O. The molecule has 1 N–H and O–H groups in total. The normalized spacial score (nSPS) is 19.5. The van der Waals surface area contributed by atoms with Gasteiger partial charge in [-0.2, -0.15) is 18.2 Å². The van der Waals surface area contributed by atoms with E-state index in [1.54, 1.807) is 13.8 Å². The summed E-state index contributed by atoms with van der Waals surface area (Å²) >= 11 is 0. The van der Waals surface area contributed by atoms with Gasteiger partial charge in [-0.3, -0.25) is 10.2 Å². The molecule has 0 saturated carbocycles. The van der Waals surface area contributed by atoms with Crippen molar-refractivity contribution in [3.63, 3.8) is 0 Å². The molecule has 1 saturated heterocycles. The summed E-state index contributed by atoms with van der Waals surface area (Å²) in [6, 6.07) is 6.09. The lowest BCUT2D eigenvalue weighted by Gasteiger charge is -2.38. The molecule has 1 aliphatic rings. The second-order valence-corrected chi connectivity index (χ2v) is 6.59. The molecule has 24 heavy (non-hydrogen) atoms. The number of carbonyl (C=O) groups excluding carboxylic acids is 1. The predicted molar refractivity (Wildman–Crippen MR) is 81.4 cm³/mol. The molecule has 2 aromatic rings. The van der Waals surface area contributed by atoms with Crippen LogP contribution in [0.4, 0.5) is 17.6 Å². The molecule has 1 atom stereocenters. The second kappa shape index (κ2) is 5.44. The van der Waals surface area contributed by atoms with Gasteiger partial charge in [-0.15, -0.1) is 0 Å². The lowest BCUT2D eigenvalue weighted by Crippen LogP contribution is -2.51. The number of hydrogen-bond donors (Lipinski definition) is 1. The highest BCUT2D eigenvalue weighted by Crippen LogP contribution is 2.43. The highest BCUT2D eigenvalue weighted by molar-refractivity contribution is 5.83.